The molecule has 0 aromatic carbocycles. The van der Waals surface area contributed by atoms with E-state index in [2.05, 4.69) is 13.0 Å². The van der Waals surface area contributed by atoms with Crippen LogP contribution in [0.15, 0.2) is 0 Å². The van der Waals surface area contributed by atoms with E-state index in [1.165, 1.54) is 0 Å². The maximum Gasteiger partial charge on any atom is 0.223 e. The van der Waals surface area contributed by atoms with E-state index in [4.69, 9.17) is 5.26 Å². The zero-order valence-electron chi connectivity index (χ0n) is 9.54. The Bertz CT molecular complexity index is 244. The predicted octanol–water partition coefficient (Wildman–Crippen LogP) is 2.47. The molecule has 0 aromatic rings. The fourth-order valence-electron chi connectivity index (χ4n) is 2.03. The highest BCUT2D eigenvalue weighted by Gasteiger charge is 2.25. The Balaban J connectivity index is 2.39. The van der Waals surface area contributed by atoms with Gasteiger partial charge in [-0.05, 0) is 25.7 Å². The van der Waals surface area contributed by atoms with Crippen LogP contribution in [0.25, 0.3) is 0 Å². The van der Waals surface area contributed by atoms with Crippen LogP contribution in [-0.4, -0.2) is 23.4 Å². The van der Waals surface area contributed by atoms with Gasteiger partial charge in [-0.25, -0.2) is 0 Å². The number of nitriles is 1. The minimum atomic E-state index is -0.159. The van der Waals surface area contributed by atoms with Gasteiger partial charge in [0.05, 0.1) is 6.07 Å². The van der Waals surface area contributed by atoms with Crippen molar-refractivity contribution in [2.75, 3.05) is 6.54 Å². The van der Waals surface area contributed by atoms with Crippen LogP contribution in [0.2, 0.25) is 0 Å². The number of likely N-dealkylation sites (tertiary alicyclic amines) is 1. The predicted molar refractivity (Wildman–Crippen MR) is 59.1 cm³/mol. The Hall–Kier alpha value is -1.04. The molecule has 1 amide bonds. The third kappa shape index (κ3) is 3.54. The van der Waals surface area contributed by atoms with Crippen molar-refractivity contribution in [1.82, 2.24) is 4.90 Å². The average Bonchev–Trinajstić information content (AvgIpc) is 2.29. The molecule has 1 aliphatic rings. The SMILES string of the molecule is CCCCCC(=O)N1CCCCC1C#N. The first kappa shape index (κ1) is 12.0. The molecule has 1 rings (SSSR count). The Labute approximate surface area is 92.1 Å². The number of carbonyl (C=O) groups excluding carboxylic acids is 1. The van der Waals surface area contributed by atoms with Crippen LogP contribution in [0, 0.1) is 11.3 Å². The molecule has 1 atom stereocenters. The maximum absolute atomic E-state index is 11.8. The zero-order chi connectivity index (χ0) is 11.1. The number of unbranched alkanes of at least 4 members (excludes halogenated alkanes) is 2. The smallest absolute Gasteiger partial charge is 0.223 e. The van der Waals surface area contributed by atoms with Crippen LogP contribution in [-0.2, 0) is 4.79 Å². The highest BCUT2D eigenvalue weighted by Crippen LogP contribution is 2.18. The minimum absolute atomic E-state index is 0.159. The van der Waals surface area contributed by atoms with Crippen molar-refractivity contribution >= 4 is 5.91 Å². The Morgan fingerprint density at radius 1 is 1.47 bits per heavy atom. The molecule has 0 aliphatic carbocycles. The molecule has 0 saturated carbocycles. The van der Waals surface area contributed by atoms with E-state index in [-0.39, 0.29) is 11.9 Å². The maximum atomic E-state index is 11.8. The van der Waals surface area contributed by atoms with Gasteiger partial charge in [0.15, 0.2) is 0 Å². The van der Waals surface area contributed by atoms with E-state index in [1.54, 1.807) is 4.90 Å². The third-order valence-corrected chi connectivity index (χ3v) is 2.97. The van der Waals surface area contributed by atoms with Gasteiger partial charge >= 0.3 is 0 Å². The van der Waals surface area contributed by atoms with Crippen molar-refractivity contribution in [3.05, 3.63) is 0 Å². The standard InChI is InChI=1S/C12H20N2O/c1-2-3-4-8-12(15)14-9-6-5-7-11(14)10-13/h11H,2-9H2,1H3. The second kappa shape index (κ2) is 6.44. The third-order valence-electron chi connectivity index (χ3n) is 2.97. The Morgan fingerprint density at radius 2 is 2.27 bits per heavy atom. The first-order valence-electron chi connectivity index (χ1n) is 5.98. The van der Waals surface area contributed by atoms with Gasteiger partial charge in [-0.3, -0.25) is 4.79 Å². The lowest BCUT2D eigenvalue weighted by Gasteiger charge is -2.31. The van der Waals surface area contributed by atoms with E-state index in [0.29, 0.717) is 6.42 Å². The van der Waals surface area contributed by atoms with Gasteiger partial charge < -0.3 is 4.90 Å². The molecule has 1 saturated heterocycles. The molecule has 0 bridgehead atoms. The van der Waals surface area contributed by atoms with Gasteiger partial charge in [0, 0.05) is 13.0 Å². The summed E-state index contributed by atoms with van der Waals surface area (Å²) in [6.45, 7) is 2.91. The lowest BCUT2D eigenvalue weighted by atomic mass is 10.0. The monoisotopic (exact) mass is 208 g/mol. The number of rotatable bonds is 4. The zero-order valence-corrected chi connectivity index (χ0v) is 9.54. The molecule has 3 heteroatoms. The highest BCUT2D eigenvalue weighted by atomic mass is 16.2. The fourth-order valence-corrected chi connectivity index (χ4v) is 2.03. The number of piperidine rings is 1. The number of carbonyl (C=O) groups is 1. The highest BCUT2D eigenvalue weighted by molar-refractivity contribution is 5.76. The minimum Gasteiger partial charge on any atom is -0.327 e. The average molecular weight is 208 g/mol. The second-order valence-corrected chi connectivity index (χ2v) is 4.18. The molecule has 0 spiro atoms. The van der Waals surface area contributed by atoms with Crippen molar-refractivity contribution in [2.24, 2.45) is 0 Å². The Kier molecular flexibility index (Phi) is 5.17. The molecule has 1 unspecified atom stereocenters. The van der Waals surface area contributed by atoms with Gasteiger partial charge in [-0.15, -0.1) is 0 Å². The van der Waals surface area contributed by atoms with Crippen molar-refractivity contribution < 1.29 is 4.79 Å². The largest absolute Gasteiger partial charge is 0.327 e. The van der Waals surface area contributed by atoms with E-state index < -0.39 is 0 Å². The van der Waals surface area contributed by atoms with E-state index in [9.17, 15) is 4.79 Å². The molecule has 0 radical (unpaired) electrons. The van der Waals surface area contributed by atoms with Gasteiger partial charge in [-0.2, -0.15) is 5.26 Å². The van der Waals surface area contributed by atoms with E-state index in [1.807, 2.05) is 0 Å². The summed E-state index contributed by atoms with van der Waals surface area (Å²) in [6.07, 6.45) is 6.81. The number of nitrogens with zero attached hydrogens (tertiary/aromatic N) is 2. The summed E-state index contributed by atoms with van der Waals surface area (Å²) in [4.78, 5) is 13.6. The van der Waals surface area contributed by atoms with E-state index in [0.717, 1.165) is 45.1 Å². The van der Waals surface area contributed by atoms with Gasteiger partial charge in [0.2, 0.25) is 5.91 Å². The van der Waals surface area contributed by atoms with Crippen LogP contribution in [0.3, 0.4) is 0 Å². The van der Waals surface area contributed by atoms with Crippen LogP contribution in [0.4, 0.5) is 0 Å². The van der Waals surface area contributed by atoms with Crippen molar-refractivity contribution in [2.45, 2.75) is 57.9 Å². The van der Waals surface area contributed by atoms with Gasteiger partial charge in [0.1, 0.15) is 6.04 Å². The summed E-state index contributed by atoms with van der Waals surface area (Å²) in [7, 11) is 0. The van der Waals surface area contributed by atoms with Crippen molar-refractivity contribution in [3.8, 4) is 6.07 Å². The molecule has 3 nitrogen and oxygen atoms in total. The molecular weight excluding hydrogens is 188 g/mol. The van der Waals surface area contributed by atoms with Crippen molar-refractivity contribution in [3.63, 3.8) is 0 Å². The first-order chi connectivity index (χ1) is 7.29. The molecule has 1 fully saturated rings. The quantitative estimate of drug-likeness (QED) is 0.666. The summed E-state index contributed by atoms with van der Waals surface area (Å²) in [5.41, 5.74) is 0. The summed E-state index contributed by atoms with van der Waals surface area (Å²) in [5, 5.41) is 8.94. The lowest BCUT2D eigenvalue weighted by molar-refractivity contribution is -0.133. The summed E-state index contributed by atoms with van der Waals surface area (Å²) in [6, 6.07) is 2.07. The van der Waals surface area contributed by atoms with E-state index >= 15 is 0 Å². The van der Waals surface area contributed by atoms with Crippen LogP contribution < -0.4 is 0 Å². The summed E-state index contributed by atoms with van der Waals surface area (Å²) >= 11 is 0. The van der Waals surface area contributed by atoms with Crippen LogP contribution in [0.5, 0.6) is 0 Å². The molecular formula is C12H20N2O. The van der Waals surface area contributed by atoms with Crippen LogP contribution in [0.1, 0.15) is 51.9 Å². The molecule has 15 heavy (non-hydrogen) atoms. The Morgan fingerprint density at radius 3 is 2.93 bits per heavy atom. The normalized spacial score (nSPS) is 21.1. The van der Waals surface area contributed by atoms with Gasteiger partial charge in [0.25, 0.3) is 0 Å². The summed E-state index contributed by atoms with van der Waals surface area (Å²) < 4.78 is 0. The number of amides is 1. The summed E-state index contributed by atoms with van der Waals surface area (Å²) in [5.74, 6) is 0.176. The first-order valence-corrected chi connectivity index (χ1v) is 5.98. The molecule has 1 heterocycles. The fraction of sp³-hybridized carbons (Fsp3) is 0.833. The topological polar surface area (TPSA) is 44.1 Å². The van der Waals surface area contributed by atoms with Gasteiger partial charge in [-0.1, -0.05) is 19.8 Å². The van der Waals surface area contributed by atoms with Crippen molar-refractivity contribution in [1.29, 1.82) is 5.26 Å². The molecule has 0 N–H and O–H groups in total. The lowest BCUT2D eigenvalue weighted by Crippen LogP contribution is -2.42. The second-order valence-electron chi connectivity index (χ2n) is 4.18. The number of hydrogen-bond acceptors (Lipinski definition) is 2. The number of hydrogen-bond donors (Lipinski definition) is 0. The van der Waals surface area contributed by atoms with Crippen LogP contribution >= 0.6 is 0 Å². The molecule has 0 aromatic heterocycles. The molecule has 84 valence electrons. The molecule has 1 aliphatic heterocycles.